The monoisotopic (exact) mass is 244 g/mol. The van der Waals surface area contributed by atoms with Gasteiger partial charge in [-0.05, 0) is 19.9 Å². The molecule has 0 saturated carbocycles. The van der Waals surface area contributed by atoms with Crippen LogP contribution in [0.25, 0.3) is 0 Å². The predicted molar refractivity (Wildman–Crippen MR) is 71.1 cm³/mol. The first kappa shape index (κ1) is 16.4. The van der Waals surface area contributed by atoms with Gasteiger partial charge in [-0.3, -0.25) is 4.79 Å². The van der Waals surface area contributed by atoms with Gasteiger partial charge in [0.25, 0.3) is 0 Å². The van der Waals surface area contributed by atoms with Crippen molar-refractivity contribution in [1.82, 2.24) is 10.2 Å². The SMILES string of the molecule is CCC(CC)N(C)CC(NC(C)C)C(=O)OC. The summed E-state index contributed by atoms with van der Waals surface area (Å²) >= 11 is 0. The summed E-state index contributed by atoms with van der Waals surface area (Å²) in [7, 11) is 3.50. The number of nitrogens with one attached hydrogen (secondary N) is 1. The summed E-state index contributed by atoms with van der Waals surface area (Å²) in [5.74, 6) is -0.184. The molecule has 1 unspecified atom stereocenters. The minimum Gasteiger partial charge on any atom is -0.468 e. The first-order valence-electron chi connectivity index (χ1n) is 6.50. The summed E-state index contributed by atoms with van der Waals surface area (Å²) < 4.78 is 4.83. The van der Waals surface area contributed by atoms with Crippen molar-refractivity contribution in [3.8, 4) is 0 Å². The largest absolute Gasteiger partial charge is 0.468 e. The molecule has 0 aliphatic carbocycles. The molecule has 0 spiro atoms. The predicted octanol–water partition coefficient (Wildman–Crippen LogP) is 1.65. The minimum absolute atomic E-state index is 0.184. The number of hydrogen-bond donors (Lipinski definition) is 1. The standard InChI is InChI=1S/C13H28N2O2/c1-7-11(8-2)15(5)9-12(13(16)17-6)14-10(3)4/h10-12,14H,7-9H2,1-6H3. The maximum Gasteiger partial charge on any atom is 0.324 e. The van der Waals surface area contributed by atoms with Gasteiger partial charge in [0.2, 0.25) is 0 Å². The summed E-state index contributed by atoms with van der Waals surface area (Å²) in [4.78, 5) is 13.9. The van der Waals surface area contributed by atoms with Crippen LogP contribution in [0, 0.1) is 0 Å². The van der Waals surface area contributed by atoms with E-state index in [0.29, 0.717) is 12.6 Å². The number of methoxy groups -OCH3 is 1. The zero-order valence-corrected chi connectivity index (χ0v) is 12.1. The highest BCUT2D eigenvalue weighted by Gasteiger charge is 2.23. The van der Waals surface area contributed by atoms with Gasteiger partial charge >= 0.3 is 5.97 Å². The lowest BCUT2D eigenvalue weighted by Gasteiger charge is -2.30. The summed E-state index contributed by atoms with van der Waals surface area (Å²) in [6.07, 6.45) is 2.20. The van der Waals surface area contributed by atoms with Gasteiger partial charge in [0.1, 0.15) is 6.04 Å². The fourth-order valence-electron chi connectivity index (χ4n) is 2.09. The maximum atomic E-state index is 11.7. The van der Waals surface area contributed by atoms with E-state index in [1.807, 2.05) is 13.8 Å². The van der Waals surface area contributed by atoms with E-state index in [0.717, 1.165) is 12.8 Å². The Balaban J connectivity index is 4.45. The van der Waals surface area contributed by atoms with Crippen LogP contribution >= 0.6 is 0 Å². The van der Waals surface area contributed by atoms with Crippen LogP contribution in [0.15, 0.2) is 0 Å². The third-order valence-electron chi connectivity index (χ3n) is 3.06. The van der Waals surface area contributed by atoms with Crippen molar-refractivity contribution in [2.75, 3.05) is 20.7 Å². The van der Waals surface area contributed by atoms with Crippen molar-refractivity contribution >= 4 is 5.97 Å². The molecule has 0 radical (unpaired) electrons. The summed E-state index contributed by atoms with van der Waals surface area (Å²) in [6, 6.07) is 0.552. The molecule has 0 bridgehead atoms. The van der Waals surface area contributed by atoms with Crippen molar-refractivity contribution in [2.24, 2.45) is 0 Å². The van der Waals surface area contributed by atoms with Crippen LogP contribution in [-0.2, 0) is 9.53 Å². The van der Waals surface area contributed by atoms with Crippen molar-refractivity contribution in [3.63, 3.8) is 0 Å². The van der Waals surface area contributed by atoms with Crippen LogP contribution in [0.4, 0.5) is 0 Å². The molecule has 0 aromatic heterocycles. The molecule has 0 aromatic rings. The van der Waals surface area contributed by atoms with Gasteiger partial charge in [0.15, 0.2) is 0 Å². The van der Waals surface area contributed by atoms with Gasteiger partial charge in [-0.2, -0.15) is 0 Å². The lowest BCUT2D eigenvalue weighted by molar-refractivity contribution is -0.143. The third-order valence-corrected chi connectivity index (χ3v) is 3.06. The van der Waals surface area contributed by atoms with E-state index in [1.54, 1.807) is 0 Å². The van der Waals surface area contributed by atoms with E-state index >= 15 is 0 Å². The number of likely N-dealkylation sites (N-methyl/N-ethyl adjacent to an activating group) is 1. The van der Waals surface area contributed by atoms with Crippen LogP contribution in [0.3, 0.4) is 0 Å². The molecule has 0 heterocycles. The van der Waals surface area contributed by atoms with Gasteiger partial charge in [0.05, 0.1) is 7.11 Å². The van der Waals surface area contributed by atoms with Crippen LogP contribution in [0.2, 0.25) is 0 Å². The van der Waals surface area contributed by atoms with Crippen molar-refractivity contribution in [1.29, 1.82) is 0 Å². The number of carbonyl (C=O) groups excluding carboxylic acids is 1. The Morgan fingerprint density at radius 2 is 1.82 bits per heavy atom. The maximum absolute atomic E-state index is 11.7. The molecule has 0 aliphatic rings. The zero-order chi connectivity index (χ0) is 13.4. The van der Waals surface area contributed by atoms with E-state index < -0.39 is 0 Å². The Morgan fingerprint density at radius 3 is 2.18 bits per heavy atom. The topological polar surface area (TPSA) is 41.6 Å². The second-order valence-electron chi connectivity index (χ2n) is 4.81. The third kappa shape index (κ3) is 6.03. The number of hydrogen-bond acceptors (Lipinski definition) is 4. The molecule has 102 valence electrons. The fourth-order valence-corrected chi connectivity index (χ4v) is 2.09. The highest BCUT2D eigenvalue weighted by atomic mass is 16.5. The molecule has 4 heteroatoms. The van der Waals surface area contributed by atoms with Gasteiger partial charge in [-0.25, -0.2) is 0 Å². The minimum atomic E-state index is -0.245. The van der Waals surface area contributed by atoms with Crippen molar-refractivity contribution < 1.29 is 9.53 Å². The van der Waals surface area contributed by atoms with E-state index in [-0.39, 0.29) is 18.1 Å². The van der Waals surface area contributed by atoms with Crippen molar-refractivity contribution in [3.05, 3.63) is 0 Å². The molecule has 0 aliphatic heterocycles. The second kappa shape index (κ2) is 8.48. The molecule has 0 fully saturated rings. The van der Waals surface area contributed by atoms with Crippen LogP contribution in [0.1, 0.15) is 40.5 Å². The molecular formula is C13H28N2O2. The van der Waals surface area contributed by atoms with E-state index in [2.05, 4.69) is 31.1 Å². The lowest BCUT2D eigenvalue weighted by Crippen LogP contribution is -2.50. The average Bonchev–Trinajstić information content (AvgIpc) is 2.28. The zero-order valence-electron chi connectivity index (χ0n) is 12.1. The molecule has 1 atom stereocenters. The van der Waals surface area contributed by atoms with E-state index in [4.69, 9.17) is 4.74 Å². The number of carbonyl (C=O) groups is 1. The molecule has 17 heavy (non-hydrogen) atoms. The summed E-state index contributed by atoms with van der Waals surface area (Å²) in [5.41, 5.74) is 0. The van der Waals surface area contributed by atoms with Crippen LogP contribution in [-0.4, -0.2) is 49.7 Å². The quantitative estimate of drug-likeness (QED) is 0.659. The Bertz CT molecular complexity index is 215. The Morgan fingerprint density at radius 1 is 1.29 bits per heavy atom. The fraction of sp³-hybridized carbons (Fsp3) is 0.923. The second-order valence-corrected chi connectivity index (χ2v) is 4.81. The lowest BCUT2D eigenvalue weighted by atomic mass is 10.1. The highest BCUT2D eigenvalue weighted by molar-refractivity contribution is 5.75. The average molecular weight is 244 g/mol. The Labute approximate surface area is 106 Å². The first-order valence-corrected chi connectivity index (χ1v) is 6.50. The number of ether oxygens (including phenoxy) is 1. The highest BCUT2D eigenvalue weighted by Crippen LogP contribution is 2.07. The van der Waals surface area contributed by atoms with Crippen LogP contribution < -0.4 is 5.32 Å². The van der Waals surface area contributed by atoms with Gasteiger partial charge in [0, 0.05) is 18.6 Å². The first-order chi connectivity index (χ1) is 7.96. The molecule has 1 N–H and O–H groups in total. The van der Waals surface area contributed by atoms with Crippen molar-refractivity contribution in [2.45, 2.75) is 58.7 Å². The Kier molecular flexibility index (Phi) is 8.17. The Hall–Kier alpha value is -0.610. The van der Waals surface area contributed by atoms with E-state index in [1.165, 1.54) is 7.11 Å². The molecule has 0 aromatic carbocycles. The molecule has 0 rings (SSSR count). The number of rotatable bonds is 8. The van der Waals surface area contributed by atoms with Gasteiger partial charge in [-0.1, -0.05) is 27.7 Å². The van der Waals surface area contributed by atoms with Gasteiger partial charge < -0.3 is 15.0 Å². The summed E-state index contributed by atoms with van der Waals surface area (Å²) in [6.45, 7) is 9.11. The van der Waals surface area contributed by atoms with E-state index in [9.17, 15) is 4.79 Å². The molecule has 0 amide bonds. The van der Waals surface area contributed by atoms with Gasteiger partial charge in [-0.15, -0.1) is 0 Å². The number of esters is 1. The van der Waals surface area contributed by atoms with Crippen LogP contribution in [0.5, 0.6) is 0 Å². The number of nitrogens with zero attached hydrogens (tertiary/aromatic N) is 1. The summed E-state index contributed by atoms with van der Waals surface area (Å²) in [5, 5.41) is 3.25. The normalized spacial score (nSPS) is 13.5. The molecule has 4 nitrogen and oxygen atoms in total. The molecule has 0 saturated heterocycles. The molecular weight excluding hydrogens is 216 g/mol. The smallest absolute Gasteiger partial charge is 0.324 e.